The largest absolute Gasteiger partial charge is 0.534 e. The Morgan fingerprint density at radius 3 is 2.28 bits per heavy atom. The predicted octanol–water partition coefficient (Wildman–Crippen LogP) is 2.59. The predicted molar refractivity (Wildman–Crippen MR) is 56.4 cm³/mol. The van der Waals surface area contributed by atoms with Gasteiger partial charge < -0.3 is 4.18 Å². The van der Waals surface area contributed by atoms with E-state index in [1.54, 1.807) is 0 Å². The van der Waals surface area contributed by atoms with Crippen molar-refractivity contribution in [1.29, 1.82) is 0 Å². The molecule has 0 saturated carbocycles. The first-order valence-corrected chi connectivity index (χ1v) is 6.19. The van der Waals surface area contributed by atoms with Gasteiger partial charge in [-0.15, -0.1) is 0 Å². The van der Waals surface area contributed by atoms with Gasteiger partial charge in [0.15, 0.2) is 0 Å². The van der Waals surface area contributed by atoms with E-state index in [-0.39, 0.29) is 4.47 Å². The summed E-state index contributed by atoms with van der Waals surface area (Å²) in [6.07, 6.45) is 0. The number of hydrogen-bond acceptors (Lipinski definition) is 5. The van der Waals surface area contributed by atoms with Crippen LogP contribution in [0.1, 0.15) is 0 Å². The Kier molecular flexibility index (Phi) is 3.86. The summed E-state index contributed by atoms with van der Waals surface area (Å²) in [5.74, 6) is -0.690. The van der Waals surface area contributed by atoms with Gasteiger partial charge in [0.05, 0.1) is 9.40 Å². The Hall–Kier alpha value is -1.36. The smallest absolute Gasteiger partial charge is 0.376 e. The Labute approximate surface area is 107 Å². The van der Waals surface area contributed by atoms with Gasteiger partial charge in [-0.05, 0) is 22.0 Å². The molecule has 0 N–H and O–H groups in total. The fourth-order valence-electron chi connectivity index (χ4n) is 0.861. The van der Waals surface area contributed by atoms with Crippen LogP contribution in [-0.4, -0.2) is 18.8 Å². The molecule has 1 rings (SSSR count). The van der Waals surface area contributed by atoms with Gasteiger partial charge in [-0.1, -0.05) is 0 Å². The van der Waals surface area contributed by atoms with Crippen LogP contribution in [0.3, 0.4) is 0 Å². The highest BCUT2D eigenvalue weighted by Crippen LogP contribution is 2.32. The molecule has 0 bridgehead atoms. The van der Waals surface area contributed by atoms with Crippen LogP contribution in [0, 0.1) is 10.1 Å². The van der Waals surface area contributed by atoms with Crippen molar-refractivity contribution in [1.82, 2.24) is 0 Å². The molecule has 0 spiro atoms. The molecule has 0 aliphatic carbocycles. The maximum atomic E-state index is 12.0. The second-order valence-electron chi connectivity index (χ2n) is 2.85. The summed E-state index contributed by atoms with van der Waals surface area (Å²) < 4.78 is 60.9. The molecule has 0 radical (unpaired) electrons. The van der Waals surface area contributed by atoms with Gasteiger partial charge in [-0.2, -0.15) is 21.6 Å². The lowest BCUT2D eigenvalue weighted by Gasteiger charge is -2.09. The molecule has 0 fully saturated rings. The Bertz CT molecular complexity index is 585. The molecule has 100 valence electrons. The summed E-state index contributed by atoms with van der Waals surface area (Å²) in [5, 5.41) is 10.4. The average molecular weight is 350 g/mol. The molecule has 18 heavy (non-hydrogen) atoms. The third-order valence-electron chi connectivity index (χ3n) is 1.61. The molecule has 0 heterocycles. The van der Waals surface area contributed by atoms with Crippen LogP contribution >= 0.6 is 15.9 Å². The second-order valence-corrected chi connectivity index (χ2v) is 5.25. The SMILES string of the molecule is O=[N+]([O-])c1ccc(OS(=O)(=O)C(F)(F)F)cc1Br. The Morgan fingerprint density at radius 2 is 1.89 bits per heavy atom. The lowest BCUT2D eigenvalue weighted by molar-refractivity contribution is -0.385. The number of rotatable bonds is 3. The number of benzene rings is 1. The van der Waals surface area contributed by atoms with Crippen molar-refractivity contribution in [3.63, 3.8) is 0 Å². The second kappa shape index (κ2) is 4.72. The van der Waals surface area contributed by atoms with Crippen LogP contribution in [0.25, 0.3) is 0 Å². The van der Waals surface area contributed by atoms with Crippen molar-refractivity contribution in [2.75, 3.05) is 0 Å². The molecule has 0 aliphatic heterocycles. The molecule has 1 aromatic carbocycles. The minimum atomic E-state index is -5.79. The summed E-state index contributed by atoms with van der Waals surface area (Å²) in [6.45, 7) is 0. The lowest BCUT2D eigenvalue weighted by Crippen LogP contribution is -2.28. The first kappa shape index (κ1) is 14.7. The monoisotopic (exact) mass is 349 g/mol. The van der Waals surface area contributed by atoms with Crippen molar-refractivity contribution in [3.8, 4) is 5.75 Å². The van der Waals surface area contributed by atoms with Crippen LogP contribution in [0.4, 0.5) is 18.9 Å². The number of nitro benzene ring substituents is 1. The summed E-state index contributed by atoms with van der Waals surface area (Å²) in [4.78, 5) is 9.61. The lowest BCUT2D eigenvalue weighted by atomic mass is 10.3. The summed E-state index contributed by atoms with van der Waals surface area (Å²) >= 11 is 2.71. The van der Waals surface area contributed by atoms with E-state index in [9.17, 15) is 31.7 Å². The van der Waals surface area contributed by atoms with Crippen molar-refractivity contribution in [3.05, 3.63) is 32.8 Å². The molecule has 0 aromatic heterocycles. The van der Waals surface area contributed by atoms with Gasteiger partial charge in [-0.25, -0.2) is 0 Å². The highest BCUT2D eigenvalue weighted by molar-refractivity contribution is 9.10. The highest BCUT2D eigenvalue weighted by Gasteiger charge is 2.48. The quantitative estimate of drug-likeness (QED) is 0.362. The molecule has 11 heteroatoms. The number of alkyl halides is 3. The molecular formula is C7H3BrF3NO5S. The van der Waals surface area contributed by atoms with Gasteiger partial charge in [0.2, 0.25) is 0 Å². The first-order valence-electron chi connectivity index (χ1n) is 3.99. The van der Waals surface area contributed by atoms with E-state index in [4.69, 9.17) is 0 Å². The van der Waals surface area contributed by atoms with E-state index in [0.717, 1.165) is 18.2 Å². The molecule has 0 atom stereocenters. The third-order valence-corrected chi connectivity index (χ3v) is 3.22. The van der Waals surface area contributed by atoms with Gasteiger partial charge in [0.25, 0.3) is 5.69 Å². The van der Waals surface area contributed by atoms with E-state index >= 15 is 0 Å². The zero-order valence-corrected chi connectivity index (χ0v) is 10.5. The van der Waals surface area contributed by atoms with Crippen LogP contribution in [0.5, 0.6) is 5.75 Å². The third kappa shape index (κ3) is 3.10. The molecular weight excluding hydrogens is 347 g/mol. The molecule has 6 nitrogen and oxygen atoms in total. The normalized spacial score (nSPS) is 12.2. The van der Waals surface area contributed by atoms with Gasteiger partial charge in [-0.3, -0.25) is 10.1 Å². The average Bonchev–Trinajstić information content (AvgIpc) is 2.14. The summed E-state index contributed by atoms with van der Waals surface area (Å²) in [6, 6.07) is 2.30. The number of hydrogen-bond donors (Lipinski definition) is 0. The molecule has 0 saturated heterocycles. The van der Waals surface area contributed by atoms with Crippen molar-refractivity contribution >= 4 is 31.7 Å². The molecule has 0 amide bonds. The van der Waals surface area contributed by atoms with Crippen LogP contribution in [0.2, 0.25) is 0 Å². The van der Waals surface area contributed by atoms with Gasteiger partial charge in [0, 0.05) is 12.1 Å². The van der Waals surface area contributed by atoms with Crippen LogP contribution in [0.15, 0.2) is 22.7 Å². The highest BCUT2D eigenvalue weighted by atomic mass is 79.9. The Balaban J connectivity index is 3.09. The summed E-state index contributed by atoms with van der Waals surface area (Å²) in [7, 11) is -5.79. The fraction of sp³-hybridized carbons (Fsp3) is 0.143. The van der Waals surface area contributed by atoms with Crippen molar-refractivity contribution < 1.29 is 30.7 Å². The zero-order valence-electron chi connectivity index (χ0n) is 8.14. The molecule has 0 aliphatic rings. The fourth-order valence-corrected chi connectivity index (χ4v) is 1.82. The minimum Gasteiger partial charge on any atom is -0.376 e. The van der Waals surface area contributed by atoms with Crippen molar-refractivity contribution in [2.24, 2.45) is 0 Å². The topological polar surface area (TPSA) is 86.5 Å². The van der Waals surface area contributed by atoms with Gasteiger partial charge in [0.1, 0.15) is 5.75 Å². The van der Waals surface area contributed by atoms with E-state index in [0.29, 0.717) is 0 Å². The van der Waals surface area contributed by atoms with E-state index in [2.05, 4.69) is 20.1 Å². The standard InChI is InChI=1S/C7H3BrF3NO5S/c8-5-3-4(1-2-6(5)12(13)14)17-18(15,16)7(9,10)11/h1-3H. The Morgan fingerprint density at radius 1 is 1.33 bits per heavy atom. The number of nitrogens with zero attached hydrogens (tertiary/aromatic N) is 1. The minimum absolute atomic E-state index is 0.206. The van der Waals surface area contributed by atoms with Crippen LogP contribution < -0.4 is 4.18 Å². The zero-order chi connectivity index (χ0) is 14.1. The van der Waals surface area contributed by atoms with E-state index < -0.39 is 32.0 Å². The molecule has 1 aromatic rings. The molecule has 0 unspecified atom stereocenters. The maximum Gasteiger partial charge on any atom is 0.534 e. The first-order chi connectivity index (χ1) is 8.04. The van der Waals surface area contributed by atoms with E-state index in [1.165, 1.54) is 0 Å². The summed E-state index contributed by atoms with van der Waals surface area (Å²) in [5.41, 5.74) is -6.01. The van der Waals surface area contributed by atoms with Crippen molar-refractivity contribution in [2.45, 2.75) is 5.51 Å². The maximum absolute atomic E-state index is 12.0. The van der Waals surface area contributed by atoms with Crippen LogP contribution in [-0.2, 0) is 10.1 Å². The number of nitro groups is 1. The number of halogens is 4. The van der Waals surface area contributed by atoms with E-state index in [1.807, 2.05) is 0 Å². The van der Waals surface area contributed by atoms with Gasteiger partial charge >= 0.3 is 15.6 Å².